The van der Waals surface area contributed by atoms with Crippen molar-refractivity contribution in [2.45, 2.75) is 25.7 Å². The van der Waals surface area contributed by atoms with Crippen LogP contribution in [0.4, 0.5) is 5.13 Å². The molecule has 1 aliphatic heterocycles. The Morgan fingerprint density at radius 2 is 2.38 bits per heavy atom. The Hall–Kier alpha value is -2.47. The number of aliphatic imine (C=N–C) groups is 1. The molecule has 1 aromatic heterocycles. The third-order valence-electron chi connectivity index (χ3n) is 3.59. The number of rotatable bonds is 6. The lowest BCUT2D eigenvalue weighted by Gasteiger charge is -2.08. The molecular weight excluding hydrogens is 322 g/mol. The van der Waals surface area contributed by atoms with Crippen LogP contribution < -0.4 is 10.1 Å². The number of amides is 1. The lowest BCUT2D eigenvalue weighted by Crippen LogP contribution is -2.14. The first-order chi connectivity index (χ1) is 11.7. The molecule has 1 N–H and O–H groups in total. The maximum atomic E-state index is 12.2. The van der Waals surface area contributed by atoms with Crippen LogP contribution in [0.3, 0.4) is 0 Å². The Morgan fingerprint density at radius 3 is 3.17 bits per heavy atom. The standard InChI is InChI=1S/C18H19N3O2S/c1-2-23-15-5-3-4-13(10-15)11-17(22)21-18-20-16(12-24-18)14-6-8-19-9-7-14/h3-6,8-10,12,14H,2,7,11H2,1H3,(H,20,21,22). The largest absolute Gasteiger partial charge is 0.494 e. The van der Waals surface area contributed by atoms with Gasteiger partial charge in [0.25, 0.3) is 0 Å². The van der Waals surface area contributed by atoms with E-state index in [2.05, 4.69) is 15.3 Å². The Morgan fingerprint density at radius 1 is 1.46 bits per heavy atom. The van der Waals surface area contributed by atoms with Crippen LogP contribution in [0.5, 0.6) is 5.75 Å². The van der Waals surface area contributed by atoms with Crippen LogP contribution in [0.1, 0.15) is 30.5 Å². The number of thiazole rings is 1. The SMILES string of the molecule is CCOc1cccc(CC(=O)Nc2nc(C3C=CN=CC3)cs2)c1. The molecule has 1 amide bonds. The zero-order valence-corrected chi connectivity index (χ0v) is 14.3. The van der Waals surface area contributed by atoms with Gasteiger partial charge in [-0.2, -0.15) is 0 Å². The summed E-state index contributed by atoms with van der Waals surface area (Å²) in [6.07, 6.45) is 6.84. The van der Waals surface area contributed by atoms with Crippen molar-refractivity contribution < 1.29 is 9.53 Å². The Kier molecular flexibility index (Phi) is 5.38. The molecule has 0 bridgehead atoms. The molecule has 0 fully saturated rings. The molecule has 124 valence electrons. The van der Waals surface area contributed by atoms with Crippen molar-refractivity contribution in [3.8, 4) is 5.75 Å². The van der Waals surface area contributed by atoms with Crippen molar-refractivity contribution in [2.75, 3.05) is 11.9 Å². The Labute approximate surface area is 145 Å². The average Bonchev–Trinajstić information content (AvgIpc) is 3.04. The summed E-state index contributed by atoms with van der Waals surface area (Å²) in [5, 5.41) is 5.49. The Balaban J connectivity index is 1.59. The monoisotopic (exact) mass is 341 g/mol. The molecule has 1 atom stereocenters. The van der Waals surface area contributed by atoms with Crippen LogP contribution >= 0.6 is 11.3 Å². The highest BCUT2D eigenvalue weighted by Crippen LogP contribution is 2.26. The van der Waals surface area contributed by atoms with Gasteiger partial charge in [0.15, 0.2) is 5.13 Å². The summed E-state index contributed by atoms with van der Waals surface area (Å²) in [6.45, 7) is 2.55. The predicted octanol–water partition coefficient (Wildman–Crippen LogP) is 3.79. The second kappa shape index (κ2) is 7.88. The van der Waals surface area contributed by atoms with Crippen LogP contribution in [0, 0.1) is 0 Å². The molecule has 0 aliphatic carbocycles. The number of nitrogens with zero attached hydrogens (tertiary/aromatic N) is 2. The summed E-state index contributed by atoms with van der Waals surface area (Å²) in [5.41, 5.74) is 1.89. The molecule has 0 radical (unpaired) electrons. The molecule has 0 spiro atoms. The van der Waals surface area contributed by atoms with E-state index in [0.29, 0.717) is 18.2 Å². The molecule has 0 saturated heterocycles. The molecule has 0 saturated carbocycles. The minimum absolute atomic E-state index is 0.0784. The number of hydrogen-bond acceptors (Lipinski definition) is 5. The zero-order chi connectivity index (χ0) is 16.8. The highest BCUT2D eigenvalue weighted by atomic mass is 32.1. The van der Waals surface area contributed by atoms with E-state index < -0.39 is 0 Å². The molecule has 2 heterocycles. The summed E-state index contributed by atoms with van der Waals surface area (Å²) in [5.74, 6) is 0.947. The zero-order valence-electron chi connectivity index (χ0n) is 13.4. The average molecular weight is 341 g/mol. The van der Waals surface area contributed by atoms with Crippen LogP contribution in [0.15, 0.2) is 46.9 Å². The minimum Gasteiger partial charge on any atom is -0.494 e. The number of anilines is 1. The molecule has 3 rings (SSSR count). The maximum Gasteiger partial charge on any atom is 0.230 e. The summed E-state index contributed by atoms with van der Waals surface area (Å²) in [6, 6.07) is 7.59. The number of carbonyl (C=O) groups is 1. The lowest BCUT2D eigenvalue weighted by molar-refractivity contribution is -0.115. The molecule has 1 aliphatic rings. The first-order valence-corrected chi connectivity index (χ1v) is 8.78. The van der Waals surface area contributed by atoms with Gasteiger partial charge in [0.05, 0.1) is 18.7 Å². The summed E-state index contributed by atoms with van der Waals surface area (Å²) in [7, 11) is 0. The summed E-state index contributed by atoms with van der Waals surface area (Å²) in [4.78, 5) is 20.8. The third kappa shape index (κ3) is 4.29. The smallest absolute Gasteiger partial charge is 0.230 e. The van der Waals surface area contributed by atoms with Crippen LogP contribution in [-0.2, 0) is 11.2 Å². The van der Waals surface area contributed by atoms with Gasteiger partial charge in [-0.05, 0) is 31.0 Å². The van der Waals surface area contributed by atoms with Crippen molar-refractivity contribution in [1.29, 1.82) is 0 Å². The van der Waals surface area contributed by atoms with E-state index in [0.717, 1.165) is 23.4 Å². The number of hydrogen-bond donors (Lipinski definition) is 1. The molecule has 24 heavy (non-hydrogen) atoms. The predicted molar refractivity (Wildman–Crippen MR) is 97.0 cm³/mol. The number of benzene rings is 1. The number of carbonyl (C=O) groups excluding carboxylic acids is 1. The van der Waals surface area contributed by atoms with E-state index >= 15 is 0 Å². The number of nitrogens with one attached hydrogen (secondary N) is 1. The first kappa shape index (κ1) is 16.4. The summed E-state index contributed by atoms with van der Waals surface area (Å²) >= 11 is 1.45. The van der Waals surface area contributed by atoms with Gasteiger partial charge in [0.1, 0.15) is 5.75 Å². The quantitative estimate of drug-likeness (QED) is 0.869. The fourth-order valence-corrected chi connectivity index (χ4v) is 3.25. The molecule has 6 heteroatoms. The van der Waals surface area contributed by atoms with E-state index in [1.54, 1.807) is 6.20 Å². The van der Waals surface area contributed by atoms with Crippen molar-refractivity contribution in [3.05, 3.63) is 53.2 Å². The minimum atomic E-state index is -0.0784. The van der Waals surface area contributed by atoms with Crippen molar-refractivity contribution in [1.82, 2.24) is 4.98 Å². The number of aromatic nitrogens is 1. The van der Waals surface area contributed by atoms with E-state index in [9.17, 15) is 4.79 Å². The van der Waals surface area contributed by atoms with Gasteiger partial charge in [0, 0.05) is 23.7 Å². The van der Waals surface area contributed by atoms with Crippen molar-refractivity contribution >= 4 is 28.6 Å². The highest BCUT2D eigenvalue weighted by Gasteiger charge is 2.14. The van der Waals surface area contributed by atoms with Gasteiger partial charge in [-0.25, -0.2) is 4.98 Å². The van der Waals surface area contributed by atoms with Gasteiger partial charge in [-0.15, -0.1) is 11.3 Å². The van der Waals surface area contributed by atoms with Crippen molar-refractivity contribution in [2.24, 2.45) is 4.99 Å². The van der Waals surface area contributed by atoms with E-state index in [1.807, 2.05) is 48.9 Å². The topological polar surface area (TPSA) is 63.6 Å². The fraction of sp³-hybridized carbons (Fsp3) is 0.278. The second-order valence-corrected chi connectivity index (χ2v) is 6.26. The number of allylic oxidation sites excluding steroid dienone is 1. The molecule has 1 unspecified atom stereocenters. The lowest BCUT2D eigenvalue weighted by atomic mass is 10.0. The first-order valence-electron chi connectivity index (χ1n) is 7.90. The van der Waals surface area contributed by atoms with Crippen LogP contribution in [0.2, 0.25) is 0 Å². The van der Waals surface area contributed by atoms with Gasteiger partial charge in [-0.1, -0.05) is 18.2 Å². The normalized spacial score (nSPS) is 16.1. The van der Waals surface area contributed by atoms with Crippen LogP contribution in [-0.4, -0.2) is 23.7 Å². The van der Waals surface area contributed by atoms with Gasteiger partial charge < -0.3 is 10.1 Å². The van der Waals surface area contributed by atoms with Gasteiger partial charge >= 0.3 is 0 Å². The number of ether oxygens (including phenoxy) is 1. The molecular formula is C18H19N3O2S. The second-order valence-electron chi connectivity index (χ2n) is 5.40. The molecule has 5 nitrogen and oxygen atoms in total. The van der Waals surface area contributed by atoms with Gasteiger partial charge in [0.2, 0.25) is 5.91 Å². The fourth-order valence-electron chi connectivity index (χ4n) is 2.46. The highest BCUT2D eigenvalue weighted by molar-refractivity contribution is 7.13. The van der Waals surface area contributed by atoms with E-state index in [4.69, 9.17) is 4.74 Å². The van der Waals surface area contributed by atoms with Gasteiger partial charge in [-0.3, -0.25) is 9.79 Å². The van der Waals surface area contributed by atoms with E-state index in [-0.39, 0.29) is 11.8 Å². The third-order valence-corrected chi connectivity index (χ3v) is 4.37. The van der Waals surface area contributed by atoms with E-state index in [1.165, 1.54) is 11.3 Å². The molecule has 1 aromatic carbocycles. The maximum absolute atomic E-state index is 12.2. The summed E-state index contributed by atoms with van der Waals surface area (Å²) < 4.78 is 5.46. The molecule has 2 aromatic rings. The van der Waals surface area contributed by atoms with Crippen molar-refractivity contribution in [3.63, 3.8) is 0 Å². The van der Waals surface area contributed by atoms with Crippen LogP contribution in [0.25, 0.3) is 0 Å². The Bertz CT molecular complexity index is 767.